The summed E-state index contributed by atoms with van der Waals surface area (Å²) in [7, 11) is 7.82. The van der Waals surface area contributed by atoms with Gasteiger partial charge in [0.2, 0.25) is 0 Å². The quantitative estimate of drug-likeness (QED) is 0.336. The predicted octanol–water partition coefficient (Wildman–Crippen LogP) is 2.46. The van der Waals surface area contributed by atoms with Crippen molar-refractivity contribution in [3.63, 3.8) is 0 Å². The number of hydrogen-bond acceptors (Lipinski definition) is 6. The molecule has 10 unspecified atom stereocenters. The second-order valence-corrected chi connectivity index (χ2v) is 12.7. The molecule has 0 bridgehead atoms. The molecule has 10 atom stereocenters. The molecule has 7 nitrogen and oxygen atoms in total. The Morgan fingerprint density at radius 1 is 1.27 bits per heavy atom. The standard InChI is InChI=1S/C18H33B2FNO6PS/c1-9(2)12-13(21)11(26-17(12)20)8-25-29(23,22-30(7)24)28-14-10(3)16(19)27-15(14)18(4,5)6/h9-17H,8H2,1-7H3,(H,22,23). The molecule has 170 valence electrons. The average molecular weight is 463 g/mol. The number of nitrogens with one attached hydrogen (secondary N) is 1. The largest absolute Gasteiger partial charge is 0.598 e. The lowest BCUT2D eigenvalue weighted by molar-refractivity contribution is -0.0357. The zero-order valence-electron chi connectivity index (χ0n) is 18.7. The normalized spacial score (nSPS) is 40.6. The molecule has 0 spiro atoms. The lowest BCUT2D eigenvalue weighted by atomic mass is 9.78. The van der Waals surface area contributed by atoms with Gasteiger partial charge in [-0.25, -0.2) is 8.96 Å². The van der Waals surface area contributed by atoms with Crippen LogP contribution in [0.3, 0.4) is 0 Å². The Balaban J connectivity index is 2.15. The molecule has 12 heteroatoms. The lowest BCUT2D eigenvalue weighted by Gasteiger charge is -2.33. The van der Waals surface area contributed by atoms with Crippen molar-refractivity contribution in [1.29, 1.82) is 0 Å². The molecule has 2 fully saturated rings. The van der Waals surface area contributed by atoms with Crippen molar-refractivity contribution in [2.75, 3.05) is 12.9 Å². The van der Waals surface area contributed by atoms with Crippen LogP contribution in [0.2, 0.25) is 0 Å². The van der Waals surface area contributed by atoms with Crippen LogP contribution >= 0.6 is 7.75 Å². The Morgan fingerprint density at radius 3 is 2.33 bits per heavy atom. The minimum atomic E-state index is -4.11. The van der Waals surface area contributed by atoms with Crippen molar-refractivity contribution in [1.82, 2.24) is 4.49 Å². The highest BCUT2D eigenvalue weighted by Gasteiger charge is 2.51. The first-order valence-electron chi connectivity index (χ1n) is 10.2. The SMILES string of the molecule is [B]C1OC(C(C)(C)C)C(OP(=O)(N[S+](C)[O-])OCC2OC([B])C(C(C)C)C2F)C1C. The second kappa shape index (κ2) is 10.1. The number of halogens is 1. The van der Waals surface area contributed by atoms with E-state index >= 15 is 0 Å². The zero-order chi connectivity index (χ0) is 23.0. The molecule has 0 aliphatic carbocycles. The molecular formula is C18H33B2FNO6PS. The van der Waals surface area contributed by atoms with E-state index in [0.29, 0.717) is 0 Å². The molecule has 0 aromatic heterocycles. The fourth-order valence-electron chi connectivity index (χ4n) is 3.92. The van der Waals surface area contributed by atoms with E-state index in [9.17, 15) is 13.5 Å². The Morgan fingerprint density at radius 2 is 1.87 bits per heavy atom. The van der Waals surface area contributed by atoms with E-state index < -0.39 is 61.5 Å². The van der Waals surface area contributed by atoms with Gasteiger partial charge in [0.15, 0.2) is 0 Å². The summed E-state index contributed by atoms with van der Waals surface area (Å²) < 4.78 is 65.0. The third kappa shape index (κ3) is 6.25. The van der Waals surface area contributed by atoms with Gasteiger partial charge in [-0.3, -0.25) is 9.05 Å². The van der Waals surface area contributed by atoms with Gasteiger partial charge in [0.1, 0.15) is 34.2 Å². The van der Waals surface area contributed by atoms with E-state index in [-0.39, 0.29) is 23.9 Å². The summed E-state index contributed by atoms with van der Waals surface area (Å²) in [5.74, 6) is -0.831. The minimum Gasteiger partial charge on any atom is -0.598 e. The zero-order valence-corrected chi connectivity index (χ0v) is 20.5. The topological polar surface area (TPSA) is 89.1 Å². The molecule has 0 aromatic carbocycles. The fraction of sp³-hybridized carbons (Fsp3) is 1.00. The van der Waals surface area contributed by atoms with E-state index in [0.717, 1.165) is 0 Å². The van der Waals surface area contributed by atoms with E-state index in [1.807, 2.05) is 41.5 Å². The Kier molecular flexibility index (Phi) is 8.99. The second-order valence-electron chi connectivity index (χ2n) is 9.56. The van der Waals surface area contributed by atoms with Gasteiger partial charge in [0.05, 0.1) is 18.8 Å². The summed E-state index contributed by atoms with van der Waals surface area (Å²) in [5.41, 5.74) is -0.362. The highest BCUT2D eigenvalue weighted by Crippen LogP contribution is 2.51. The van der Waals surface area contributed by atoms with Crippen molar-refractivity contribution < 1.29 is 32.0 Å². The smallest absolute Gasteiger partial charge is 0.447 e. The fourth-order valence-corrected chi connectivity index (χ4v) is 6.59. The van der Waals surface area contributed by atoms with Gasteiger partial charge in [-0.2, -0.15) is 0 Å². The molecule has 30 heavy (non-hydrogen) atoms. The summed E-state index contributed by atoms with van der Waals surface area (Å²) in [4.78, 5) is 0. The average Bonchev–Trinajstić information content (AvgIpc) is 3.02. The Labute approximate surface area is 185 Å². The monoisotopic (exact) mass is 463 g/mol. The van der Waals surface area contributed by atoms with Crippen LogP contribution < -0.4 is 4.49 Å². The van der Waals surface area contributed by atoms with Gasteiger partial charge in [-0.05, 0) is 15.8 Å². The highest BCUT2D eigenvalue weighted by atomic mass is 32.2. The number of alkyl halides is 1. The molecule has 2 saturated heterocycles. The van der Waals surface area contributed by atoms with Crippen molar-refractivity contribution in [2.45, 2.75) is 78.0 Å². The van der Waals surface area contributed by atoms with Crippen molar-refractivity contribution >= 4 is 34.8 Å². The van der Waals surface area contributed by atoms with Gasteiger partial charge in [-0.1, -0.05) is 41.5 Å². The van der Waals surface area contributed by atoms with Crippen LogP contribution in [0.1, 0.15) is 41.5 Å². The number of rotatable bonds is 8. The first-order chi connectivity index (χ1) is 13.7. The number of ether oxygens (including phenoxy) is 2. The first-order valence-corrected chi connectivity index (χ1v) is 13.3. The van der Waals surface area contributed by atoms with E-state index in [4.69, 9.17) is 34.2 Å². The van der Waals surface area contributed by atoms with Crippen LogP contribution in [0.15, 0.2) is 0 Å². The molecule has 0 aromatic rings. The molecule has 0 amide bonds. The minimum absolute atomic E-state index is 0.0326. The molecule has 0 saturated carbocycles. The van der Waals surface area contributed by atoms with Crippen LogP contribution in [-0.4, -0.2) is 69.6 Å². The highest BCUT2D eigenvalue weighted by molar-refractivity contribution is 7.94. The summed E-state index contributed by atoms with van der Waals surface area (Å²) in [6.07, 6.45) is -2.24. The Bertz CT molecular complexity index is 628. The van der Waals surface area contributed by atoms with Crippen LogP contribution in [0.5, 0.6) is 0 Å². The van der Waals surface area contributed by atoms with Crippen LogP contribution in [0.4, 0.5) is 4.39 Å². The molecule has 1 N–H and O–H groups in total. The van der Waals surface area contributed by atoms with E-state index in [2.05, 4.69) is 4.49 Å². The van der Waals surface area contributed by atoms with Crippen LogP contribution in [0, 0.1) is 23.2 Å². The summed E-state index contributed by atoms with van der Waals surface area (Å²) >= 11 is -1.71. The van der Waals surface area contributed by atoms with Crippen molar-refractivity contribution in [3.8, 4) is 0 Å². The van der Waals surface area contributed by atoms with Gasteiger partial charge in [-0.15, -0.1) is 0 Å². The molecular weight excluding hydrogens is 430 g/mol. The van der Waals surface area contributed by atoms with Crippen LogP contribution in [0.25, 0.3) is 0 Å². The van der Waals surface area contributed by atoms with Gasteiger partial charge in [0, 0.05) is 35.2 Å². The summed E-state index contributed by atoms with van der Waals surface area (Å²) in [5, 5.41) is 0. The molecule has 4 radical (unpaired) electrons. The van der Waals surface area contributed by atoms with Crippen molar-refractivity contribution in [2.24, 2.45) is 23.2 Å². The number of hydrogen-bond donors (Lipinski definition) is 1. The van der Waals surface area contributed by atoms with Crippen LogP contribution in [-0.2, 0) is 34.4 Å². The maximum absolute atomic E-state index is 14.8. The lowest BCUT2D eigenvalue weighted by Crippen LogP contribution is -2.40. The van der Waals surface area contributed by atoms with Gasteiger partial charge < -0.3 is 14.0 Å². The Hall–Kier alpha value is 0.400. The van der Waals surface area contributed by atoms with Gasteiger partial charge >= 0.3 is 7.75 Å². The van der Waals surface area contributed by atoms with E-state index in [1.54, 1.807) is 0 Å². The molecule has 2 heterocycles. The third-order valence-electron chi connectivity index (χ3n) is 5.61. The summed E-state index contributed by atoms with van der Waals surface area (Å²) in [6, 6.07) is -1.40. The maximum atomic E-state index is 14.8. The summed E-state index contributed by atoms with van der Waals surface area (Å²) in [6.45, 7) is 11.0. The van der Waals surface area contributed by atoms with Gasteiger partial charge in [0.25, 0.3) is 0 Å². The first kappa shape index (κ1) is 26.7. The van der Waals surface area contributed by atoms with Crippen molar-refractivity contribution in [3.05, 3.63) is 0 Å². The maximum Gasteiger partial charge on any atom is 0.447 e. The predicted molar refractivity (Wildman–Crippen MR) is 116 cm³/mol. The van der Waals surface area contributed by atoms with E-state index in [1.165, 1.54) is 6.26 Å². The molecule has 2 rings (SSSR count). The molecule has 2 aliphatic rings. The third-order valence-corrected chi connectivity index (χ3v) is 8.54. The molecule has 2 aliphatic heterocycles.